The average Bonchev–Trinajstić information content (AvgIpc) is 2.78. The van der Waals surface area contributed by atoms with Gasteiger partial charge in [-0.3, -0.25) is 9.59 Å². The van der Waals surface area contributed by atoms with Crippen molar-refractivity contribution in [3.8, 4) is 11.3 Å². The van der Waals surface area contributed by atoms with Gasteiger partial charge in [-0.2, -0.15) is 13.2 Å². The highest BCUT2D eigenvalue weighted by Gasteiger charge is 2.60. The van der Waals surface area contributed by atoms with E-state index >= 15 is 0 Å². The van der Waals surface area contributed by atoms with Crippen molar-refractivity contribution in [1.82, 2.24) is 15.3 Å². The fourth-order valence-electron chi connectivity index (χ4n) is 3.96. The lowest BCUT2D eigenvalue weighted by molar-refractivity contribution is -0.255. The number of hydrogen-bond donors (Lipinski definition) is 4. The first-order valence-corrected chi connectivity index (χ1v) is 10.5. The van der Waals surface area contributed by atoms with E-state index in [1.54, 1.807) is 14.0 Å². The van der Waals surface area contributed by atoms with E-state index in [1.807, 2.05) is 0 Å². The minimum atomic E-state index is -5.36. The van der Waals surface area contributed by atoms with E-state index in [0.717, 1.165) is 25.0 Å². The number of alkyl halides is 3. The number of primary amides is 1. The number of nitrogens with one attached hydrogen (secondary N) is 1. The van der Waals surface area contributed by atoms with Crippen LogP contribution in [0.5, 0.6) is 0 Å². The monoisotopic (exact) mass is 481 g/mol. The van der Waals surface area contributed by atoms with Gasteiger partial charge in [0.1, 0.15) is 0 Å². The summed E-state index contributed by atoms with van der Waals surface area (Å²) in [5, 5.41) is 13.0. The van der Waals surface area contributed by atoms with Gasteiger partial charge in [-0.15, -0.1) is 0 Å². The Morgan fingerprint density at radius 3 is 2.41 bits per heavy atom. The Labute approximate surface area is 193 Å². The van der Waals surface area contributed by atoms with E-state index in [1.165, 1.54) is 12.3 Å². The number of methoxy groups -OCH3 is 1. The fraction of sp³-hybridized carbons (Fsp3) is 0.455. The second-order valence-electron chi connectivity index (χ2n) is 8.27. The summed E-state index contributed by atoms with van der Waals surface area (Å²) < 4.78 is 45.9. The SMILES string of the molecule is COC1CCC(NC(=O)c2nc(-c3cc(C(O)(C(N)=O)C(F)(F)F)ccc3C)cnc2N)CC1. The van der Waals surface area contributed by atoms with Gasteiger partial charge in [0.15, 0.2) is 11.5 Å². The van der Waals surface area contributed by atoms with Crippen LogP contribution in [0.1, 0.15) is 47.3 Å². The number of nitrogen functional groups attached to an aromatic ring is 1. The van der Waals surface area contributed by atoms with E-state index in [2.05, 4.69) is 15.3 Å². The zero-order chi connectivity index (χ0) is 25.3. The Balaban J connectivity index is 1.94. The lowest BCUT2D eigenvalue weighted by Gasteiger charge is -2.28. The molecule has 2 aromatic rings. The fourth-order valence-corrected chi connectivity index (χ4v) is 3.96. The average molecular weight is 481 g/mol. The van der Waals surface area contributed by atoms with Crippen LogP contribution in [0, 0.1) is 6.92 Å². The predicted octanol–water partition coefficient (Wildman–Crippen LogP) is 1.96. The van der Waals surface area contributed by atoms with Gasteiger partial charge >= 0.3 is 6.18 Å². The second kappa shape index (κ2) is 9.55. The smallest absolute Gasteiger partial charge is 0.382 e. The Kier molecular flexibility index (Phi) is 7.13. The first-order chi connectivity index (χ1) is 15.9. The molecule has 1 aliphatic rings. The molecular formula is C22H26F3N5O4. The lowest BCUT2D eigenvalue weighted by Crippen LogP contribution is -2.52. The molecule has 3 rings (SSSR count). The molecule has 1 fully saturated rings. The molecule has 34 heavy (non-hydrogen) atoms. The van der Waals surface area contributed by atoms with E-state index < -0.39 is 29.2 Å². The van der Waals surface area contributed by atoms with Gasteiger partial charge < -0.3 is 26.6 Å². The highest BCUT2D eigenvalue weighted by atomic mass is 19.4. The zero-order valence-corrected chi connectivity index (χ0v) is 18.6. The Bertz CT molecular complexity index is 1090. The molecule has 1 aromatic carbocycles. The number of aliphatic hydroxyl groups is 1. The van der Waals surface area contributed by atoms with Crippen LogP contribution in [-0.2, 0) is 15.1 Å². The number of aryl methyl sites for hydroxylation is 1. The quantitative estimate of drug-likeness (QED) is 0.492. The molecule has 9 nitrogen and oxygen atoms in total. The molecule has 2 amide bonds. The summed E-state index contributed by atoms with van der Waals surface area (Å²) in [4.78, 5) is 32.6. The zero-order valence-electron chi connectivity index (χ0n) is 18.6. The number of nitrogens with zero attached hydrogens (tertiary/aromatic N) is 2. The summed E-state index contributed by atoms with van der Waals surface area (Å²) in [6, 6.07) is 3.06. The molecule has 0 bridgehead atoms. The molecule has 1 heterocycles. The van der Waals surface area contributed by atoms with Gasteiger partial charge in [0, 0.05) is 24.3 Å². The standard InChI is InChI=1S/C22H26F3N5O4/c1-11-3-4-12(21(33,20(27)32)22(23,24)25)9-15(11)16-10-28-18(26)17(30-16)19(31)29-13-5-7-14(34-2)8-6-13/h3-4,9-10,13-14,33H,5-8H2,1-2H3,(H2,26,28)(H2,27,32)(H,29,31). The maximum absolute atomic E-state index is 13.5. The van der Waals surface area contributed by atoms with Crippen molar-refractivity contribution in [2.45, 2.75) is 56.5 Å². The topological polar surface area (TPSA) is 153 Å². The van der Waals surface area contributed by atoms with Crippen molar-refractivity contribution in [2.24, 2.45) is 5.73 Å². The summed E-state index contributed by atoms with van der Waals surface area (Å²) >= 11 is 0. The third-order valence-corrected chi connectivity index (χ3v) is 6.06. The number of amides is 2. The van der Waals surface area contributed by atoms with E-state index in [-0.39, 0.29) is 34.9 Å². The van der Waals surface area contributed by atoms with Crippen molar-refractivity contribution in [2.75, 3.05) is 12.8 Å². The molecule has 184 valence electrons. The predicted molar refractivity (Wildman–Crippen MR) is 116 cm³/mol. The third-order valence-electron chi connectivity index (χ3n) is 6.06. The maximum Gasteiger partial charge on any atom is 0.430 e. The number of anilines is 1. The van der Waals surface area contributed by atoms with Crippen molar-refractivity contribution < 1.29 is 32.6 Å². The number of aromatic nitrogens is 2. The van der Waals surface area contributed by atoms with Crippen LogP contribution in [0.4, 0.5) is 19.0 Å². The van der Waals surface area contributed by atoms with Gasteiger partial charge in [-0.05, 0) is 44.2 Å². The van der Waals surface area contributed by atoms with Gasteiger partial charge in [0.2, 0.25) is 0 Å². The van der Waals surface area contributed by atoms with Crippen molar-refractivity contribution in [1.29, 1.82) is 0 Å². The molecular weight excluding hydrogens is 455 g/mol. The normalized spacial score (nSPS) is 20.4. The Morgan fingerprint density at radius 2 is 1.85 bits per heavy atom. The van der Waals surface area contributed by atoms with Gasteiger partial charge in [0.05, 0.1) is 18.0 Å². The van der Waals surface area contributed by atoms with Crippen molar-refractivity contribution >= 4 is 17.6 Å². The number of rotatable bonds is 6. The van der Waals surface area contributed by atoms with Crippen LogP contribution in [0.3, 0.4) is 0 Å². The summed E-state index contributed by atoms with van der Waals surface area (Å²) in [7, 11) is 1.64. The maximum atomic E-state index is 13.5. The Hall–Kier alpha value is -3.25. The number of ether oxygens (including phenoxy) is 1. The van der Waals surface area contributed by atoms with E-state index in [4.69, 9.17) is 16.2 Å². The van der Waals surface area contributed by atoms with Crippen LogP contribution < -0.4 is 16.8 Å². The molecule has 0 saturated heterocycles. The number of carbonyl (C=O) groups is 2. The summed E-state index contributed by atoms with van der Waals surface area (Å²) in [5.74, 6) is -2.68. The third kappa shape index (κ3) is 4.82. The highest BCUT2D eigenvalue weighted by molar-refractivity contribution is 5.97. The molecule has 1 aromatic heterocycles. The summed E-state index contributed by atoms with van der Waals surface area (Å²) in [6.45, 7) is 1.59. The van der Waals surface area contributed by atoms with Crippen molar-refractivity contribution in [3.63, 3.8) is 0 Å². The molecule has 1 saturated carbocycles. The first-order valence-electron chi connectivity index (χ1n) is 10.5. The van der Waals surface area contributed by atoms with Crippen LogP contribution in [0.25, 0.3) is 11.3 Å². The van der Waals surface area contributed by atoms with Gasteiger partial charge in [0.25, 0.3) is 17.4 Å². The Morgan fingerprint density at radius 1 is 1.21 bits per heavy atom. The molecule has 0 spiro atoms. The largest absolute Gasteiger partial charge is 0.430 e. The van der Waals surface area contributed by atoms with Crippen LogP contribution in [0.15, 0.2) is 24.4 Å². The lowest BCUT2D eigenvalue weighted by atomic mass is 9.89. The second-order valence-corrected chi connectivity index (χ2v) is 8.27. The molecule has 0 radical (unpaired) electrons. The van der Waals surface area contributed by atoms with E-state index in [9.17, 15) is 27.9 Å². The molecule has 0 aliphatic heterocycles. The number of halogens is 3. The van der Waals surface area contributed by atoms with Crippen LogP contribution in [-0.4, -0.2) is 52.3 Å². The van der Waals surface area contributed by atoms with Gasteiger partial charge in [-0.25, -0.2) is 9.97 Å². The highest BCUT2D eigenvalue weighted by Crippen LogP contribution is 2.40. The van der Waals surface area contributed by atoms with Crippen LogP contribution >= 0.6 is 0 Å². The summed E-state index contributed by atoms with van der Waals surface area (Å²) in [5.41, 5.74) is 6.48. The minimum absolute atomic E-state index is 0.0378. The van der Waals surface area contributed by atoms with Crippen molar-refractivity contribution in [3.05, 3.63) is 41.2 Å². The first kappa shape index (κ1) is 25.4. The summed E-state index contributed by atoms with van der Waals surface area (Å²) in [6.07, 6.45) is -1.02. The molecule has 1 aliphatic carbocycles. The number of benzene rings is 1. The molecule has 6 N–H and O–H groups in total. The molecule has 1 unspecified atom stereocenters. The number of nitrogens with two attached hydrogens (primary N) is 2. The minimum Gasteiger partial charge on any atom is -0.382 e. The van der Waals surface area contributed by atoms with Crippen LogP contribution in [0.2, 0.25) is 0 Å². The van der Waals surface area contributed by atoms with Gasteiger partial charge in [-0.1, -0.05) is 12.1 Å². The van der Waals surface area contributed by atoms with E-state index in [0.29, 0.717) is 18.4 Å². The molecule has 1 atom stereocenters. The molecule has 12 heteroatoms. The number of carbonyl (C=O) groups excluding carboxylic acids is 2. The number of hydrogen-bond acceptors (Lipinski definition) is 7.